The largest absolute Gasteiger partial charge is 0.507 e. The SMILES string of the molecule is COc1cccc(C2/C(=C(\O)c3cc(OC)ccc3Cl)C(=O)C(=O)N2c2cccc(NC(C)=O)c2)c1. The van der Waals surface area contributed by atoms with Crippen molar-refractivity contribution in [2.24, 2.45) is 0 Å². The molecule has 9 heteroatoms. The maximum Gasteiger partial charge on any atom is 0.300 e. The molecule has 36 heavy (non-hydrogen) atoms. The number of anilines is 2. The smallest absolute Gasteiger partial charge is 0.300 e. The first-order chi connectivity index (χ1) is 17.2. The average molecular weight is 507 g/mol. The van der Waals surface area contributed by atoms with E-state index in [2.05, 4.69) is 5.32 Å². The maximum atomic E-state index is 13.4. The molecule has 1 heterocycles. The molecule has 0 saturated carbocycles. The lowest BCUT2D eigenvalue weighted by molar-refractivity contribution is -0.132. The van der Waals surface area contributed by atoms with E-state index >= 15 is 0 Å². The zero-order valence-electron chi connectivity index (χ0n) is 19.7. The molecule has 3 aromatic carbocycles. The second-order valence-corrected chi connectivity index (χ2v) is 8.43. The van der Waals surface area contributed by atoms with Crippen LogP contribution in [0.5, 0.6) is 11.5 Å². The monoisotopic (exact) mass is 506 g/mol. The zero-order valence-corrected chi connectivity index (χ0v) is 20.5. The van der Waals surface area contributed by atoms with Gasteiger partial charge in [-0.3, -0.25) is 19.3 Å². The molecule has 184 valence electrons. The summed E-state index contributed by atoms with van der Waals surface area (Å²) in [5, 5.41) is 14.2. The lowest BCUT2D eigenvalue weighted by Crippen LogP contribution is -2.29. The summed E-state index contributed by atoms with van der Waals surface area (Å²) >= 11 is 6.35. The molecule has 4 rings (SSSR count). The van der Waals surface area contributed by atoms with E-state index in [1.165, 1.54) is 38.2 Å². The van der Waals surface area contributed by atoms with Crippen molar-refractivity contribution in [2.75, 3.05) is 24.4 Å². The molecule has 8 nitrogen and oxygen atoms in total. The third-order valence-electron chi connectivity index (χ3n) is 5.73. The highest BCUT2D eigenvalue weighted by Crippen LogP contribution is 2.44. The molecular weight excluding hydrogens is 484 g/mol. The van der Waals surface area contributed by atoms with Crippen molar-refractivity contribution in [3.8, 4) is 11.5 Å². The van der Waals surface area contributed by atoms with Crippen molar-refractivity contribution in [3.63, 3.8) is 0 Å². The predicted molar refractivity (Wildman–Crippen MR) is 137 cm³/mol. The number of hydrogen-bond donors (Lipinski definition) is 2. The van der Waals surface area contributed by atoms with Crippen LogP contribution in [0.3, 0.4) is 0 Å². The van der Waals surface area contributed by atoms with E-state index in [1.807, 2.05) is 0 Å². The van der Waals surface area contributed by atoms with Gasteiger partial charge in [0.25, 0.3) is 11.7 Å². The van der Waals surface area contributed by atoms with Gasteiger partial charge in [-0.25, -0.2) is 0 Å². The van der Waals surface area contributed by atoms with Crippen molar-refractivity contribution >= 4 is 46.3 Å². The van der Waals surface area contributed by atoms with Crippen LogP contribution in [0, 0.1) is 0 Å². The number of ketones is 1. The first-order valence-electron chi connectivity index (χ1n) is 10.9. The Kier molecular flexibility index (Phi) is 6.98. The molecule has 1 aliphatic heterocycles. The summed E-state index contributed by atoms with van der Waals surface area (Å²) in [5.74, 6) is -1.54. The Morgan fingerprint density at radius 3 is 2.36 bits per heavy atom. The molecule has 1 saturated heterocycles. The molecule has 0 bridgehead atoms. The molecule has 1 atom stereocenters. The van der Waals surface area contributed by atoms with Crippen LogP contribution in [0.2, 0.25) is 5.02 Å². The normalized spacial score (nSPS) is 16.7. The van der Waals surface area contributed by atoms with E-state index in [4.69, 9.17) is 21.1 Å². The summed E-state index contributed by atoms with van der Waals surface area (Å²) in [5.41, 5.74) is 1.33. The average Bonchev–Trinajstić information content (AvgIpc) is 3.14. The Hall–Kier alpha value is -4.30. The van der Waals surface area contributed by atoms with Gasteiger partial charge >= 0.3 is 0 Å². The van der Waals surface area contributed by atoms with Crippen molar-refractivity contribution in [1.82, 2.24) is 0 Å². The fraction of sp³-hybridized carbons (Fsp3) is 0.148. The highest BCUT2D eigenvalue weighted by molar-refractivity contribution is 6.52. The number of Topliss-reactive ketones (excluding diaryl/α,β-unsaturated/α-hetero) is 1. The molecule has 0 radical (unpaired) electrons. The number of amides is 2. The highest BCUT2D eigenvalue weighted by Gasteiger charge is 2.47. The fourth-order valence-electron chi connectivity index (χ4n) is 4.12. The van der Waals surface area contributed by atoms with Crippen LogP contribution in [0.1, 0.15) is 24.1 Å². The van der Waals surface area contributed by atoms with Gasteiger partial charge in [-0.2, -0.15) is 0 Å². The fourth-order valence-corrected chi connectivity index (χ4v) is 4.33. The summed E-state index contributed by atoms with van der Waals surface area (Å²) in [6.45, 7) is 1.37. The molecular formula is C27H23ClN2O6. The number of halogens is 1. The summed E-state index contributed by atoms with van der Waals surface area (Å²) in [4.78, 5) is 39.6. The number of carbonyl (C=O) groups excluding carboxylic acids is 3. The number of nitrogens with one attached hydrogen (secondary N) is 1. The molecule has 0 aromatic heterocycles. The van der Waals surface area contributed by atoms with Crippen molar-refractivity contribution in [1.29, 1.82) is 0 Å². The minimum Gasteiger partial charge on any atom is -0.507 e. The standard InChI is InChI=1S/C27H23ClN2O6/c1-15(31)29-17-7-5-8-18(13-17)30-24(16-6-4-9-19(12-16)35-2)23(26(33)27(30)34)25(32)21-14-20(36-3)10-11-22(21)28/h4-14,24,32H,1-3H3,(H,29,31)/b25-23+. The summed E-state index contributed by atoms with van der Waals surface area (Å²) in [6.07, 6.45) is 0. The maximum absolute atomic E-state index is 13.4. The van der Waals surface area contributed by atoms with Crippen LogP contribution in [0.25, 0.3) is 5.76 Å². The molecule has 0 aliphatic carbocycles. The lowest BCUT2D eigenvalue weighted by Gasteiger charge is -2.26. The van der Waals surface area contributed by atoms with Gasteiger partial charge in [-0.1, -0.05) is 29.8 Å². The van der Waals surface area contributed by atoms with Gasteiger partial charge in [0.2, 0.25) is 5.91 Å². The molecule has 2 amide bonds. The van der Waals surface area contributed by atoms with Gasteiger partial charge in [-0.05, 0) is 54.1 Å². The number of hydrogen-bond acceptors (Lipinski definition) is 6. The first-order valence-corrected chi connectivity index (χ1v) is 11.3. The number of aliphatic hydroxyl groups excluding tert-OH is 1. The van der Waals surface area contributed by atoms with E-state index in [1.54, 1.807) is 54.6 Å². The van der Waals surface area contributed by atoms with Crippen LogP contribution in [0.4, 0.5) is 11.4 Å². The summed E-state index contributed by atoms with van der Waals surface area (Å²) in [7, 11) is 2.97. The van der Waals surface area contributed by atoms with Gasteiger partial charge in [-0.15, -0.1) is 0 Å². The van der Waals surface area contributed by atoms with Crippen molar-refractivity contribution < 1.29 is 29.0 Å². The molecule has 2 N–H and O–H groups in total. The van der Waals surface area contributed by atoms with Crippen LogP contribution >= 0.6 is 11.6 Å². The first kappa shape index (κ1) is 24.8. The molecule has 1 aliphatic rings. The Bertz CT molecular complexity index is 1400. The summed E-state index contributed by atoms with van der Waals surface area (Å²) in [6, 6.07) is 17.0. The Labute approximate surface area is 212 Å². The van der Waals surface area contributed by atoms with Gasteiger partial charge < -0.3 is 19.9 Å². The van der Waals surface area contributed by atoms with E-state index in [9.17, 15) is 19.5 Å². The molecule has 0 spiro atoms. The highest BCUT2D eigenvalue weighted by atomic mass is 35.5. The van der Waals surface area contributed by atoms with E-state index in [-0.39, 0.29) is 22.1 Å². The van der Waals surface area contributed by atoms with E-state index in [0.29, 0.717) is 28.4 Å². The van der Waals surface area contributed by atoms with Gasteiger partial charge in [0.05, 0.1) is 30.9 Å². The van der Waals surface area contributed by atoms with Crippen molar-refractivity contribution in [2.45, 2.75) is 13.0 Å². The van der Waals surface area contributed by atoms with Crippen LogP contribution in [-0.2, 0) is 14.4 Å². The topological polar surface area (TPSA) is 105 Å². The third-order valence-corrected chi connectivity index (χ3v) is 6.06. The van der Waals surface area contributed by atoms with Gasteiger partial charge in [0.15, 0.2) is 0 Å². The van der Waals surface area contributed by atoms with E-state index in [0.717, 1.165) is 0 Å². The lowest BCUT2D eigenvalue weighted by atomic mass is 9.94. The number of ether oxygens (including phenoxy) is 2. The number of benzene rings is 3. The second kappa shape index (κ2) is 10.1. The number of nitrogens with zero attached hydrogens (tertiary/aromatic N) is 1. The molecule has 1 fully saturated rings. The number of methoxy groups -OCH3 is 2. The quantitative estimate of drug-likeness (QED) is 0.279. The van der Waals surface area contributed by atoms with Gasteiger partial charge in [0, 0.05) is 23.9 Å². The molecule has 1 unspecified atom stereocenters. The Morgan fingerprint density at radius 2 is 1.67 bits per heavy atom. The zero-order chi connectivity index (χ0) is 26.0. The minimum absolute atomic E-state index is 0.145. The van der Waals surface area contributed by atoms with Crippen LogP contribution < -0.4 is 19.7 Å². The predicted octanol–water partition coefficient (Wildman–Crippen LogP) is 4.94. The van der Waals surface area contributed by atoms with E-state index < -0.39 is 23.5 Å². The number of aliphatic hydroxyl groups is 1. The second-order valence-electron chi connectivity index (χ2n) is 8.02. The van der Waals surface area contributed by atoms with Crippen LogP contribution in [0.15, 0.2) is 72.3 Å². The number of rotatable bonds is 6. The Balaban J connectivity index is 1.96. The van der Waals surface area contributed by atoms with Crippen LogP contribution in [-0.4, -0.2) is 36.9 Å². The molecule has 3 aromatic rings. The van der Waals surface area contributed by atoms with Gasteiger partial charge in [0.1, 0.15) is 17.3 Å². The minimum atomic E-state index is -1.00. The van der Waals surface area contributed by atoms with Crippen molar-refractivity contribution in [3.05, 3.63) is 88.5 Å². The summed E-state index contributed by atoms with van der Waals surface area (Å²) < 4.78 is 10.6. The number of carbonyl (C=O) groups is 3. The third kappa shape index (κ3) is 4.63. The Morgan fingerprint density at radius 1 is 0.972 bits per heavy atom.